The summed E-state index contributed by atoms with van der Waals surface area (Å²) in [4.78, 5) is 12.2. The maximum Gasteiger partial charge on any atom is 0.224 e. The minimum absolute atomic E-state index is 0.00753. The lowest BCUT2D eigenvalue weighted by atomic mass is 10.1. The molecule has 0 atom stereocenters. The lowest BCUT2D eigenvalue weighted by Gasteiger charge is -2.10. The zero-order valence-corrected chi connectivity index (χ0v) is 14.3. The third kappa shape index (κ3) is 4.55. The van der Waals surface area contributed by atoms with E-state index in [-0.39, 0.29) is 5.91 Å². The summed E-state index contributed by atoms with van der Waals surface area (Å²) < 4.78 is 1.78. The Morgan fingerprint density at radius 3 is 2.40 bits per heavy atom. The molecule has 0 saturated heterocycles. The highest BCUT2D eigenvalue weighted by molar-refractivity contribution is 5.78. The van der Waals surface area contributed by atoms with E-state index in [1.807, 2.05) is 61.8 Å². The fourth-order valence-corrected chi connectivity index (χ4v) is 2.71. The second-order valence-electron chi connectivity index (χ2n) is 5.88. The Labute approximate surface area is 147 Å². The highest BCUT2D eigenvalue weighted by atomic mass is 16.1. The molecule has 0 aliphatic carbocycles. The van der Waals surface area contributed by atoms with Crippen molar-refractivity contribution in [1.82, 2.24) is 20.4 Å². The lowest BCUT2D eigenvalue weighted by Crippen LogP contribution is -2.25. The summed E-state index contributed by atoms with van der Waals surface area (Å²) in [5, 5.41) is 10.5. The number of aromatic nitrogens is 2. The summed E-state index contributed by atoms with van der Waals surface area (Å²) in [6, 6.07) is 18.0. The summed E-state index contributed by atoms with van der Waals surface area (Å²) in [6.07, 6.45) is 3.95. The van der Waals surface area contributed by atoms with Crippen LogP contribution in [0.2, 0.25) is 0 Å². The van der Waals surface area contributed by atoms with E-state index in [9.17, 15) is 4.79 Å². The van der Waals surface area contributed by atoms with E-state index in [0.29, 0.717) is 13.0 Å². The number of rotatable bonds is 7. The maximum atomic E-state index is 12.2. The fourth-order valence-electron chi connectivity index (χ4n) is 2.71. The van der Waals surface area contributed by atoms with Crippen LogP contribution in [-0.2, 0) is 24.3 Å². The number of carbonyl (C=O) groups excluding carboxylic acids is 1. The molecule has 0 spiro atoms. The van der Waals surface area contributed by atoms with Crippen molar-refractivity contribution in [1.29, 1.82) is 0 Å². The van der Waals surface area contributed by atoms with Crippen molar-refractivity contribution in [2.45, 2.75) is 19.5 Å². The largest absolute Gasteiger partial charge is 0.352 e. The summed E-state index contributed by atoms with van der Waals surface area (Å²) in [6.45, 7) is 1.32. The van der Waals surface area contributed by atoms with Crippen LogP contribution < -0.4 is 10.6 Å². The smallest absolute Gasteiger partial charge is 0.224 e. The molecule has 0 saturated carbocycles. The molecule has 0 aliphatic heterocycles. The van der Waals surface area contributed by atoms with Crippen LogP contribution in [0.3, 0.4) is 0 Å². The van der Waals surface area contributed by atoms with E-state index >= 15 is 0 Å². The fraction of sp³-hybridized carbons (Fsp3) is 0.200. The Kier molecular flexibility index (Phi) is 5.59. The van der Waals surface area contributed by atoms with Crippen molar-refractivity contribution in [3.05, 3.63) is 83.7 Å². The third-order valence-electron chi connectivity index (χ3n) is 3.98. The molecule has 2 aromatic carbocycles. The minimum Gasteiger partial charge on any atom is -0.352 e. The lowest BCUT2D eigenvalue weighted by molar-refractivity contribution is -0.120. The first-order valence-electron chi connectivity index (χ1n) is 8.33. The van der Waals surface area contributed by atoms with Gasteiger partial charge in [0.15, 0.2) is 0 Å². The van der Waals surface area contributed by atoms with Crippen LogP contribution in [-0.4, -0.2) is 22.7 Å². The van der Waals surface area contributed by atoms with Crippen molar-refractivity contribution >= 4 is 5.91 Å². The van der Waals surface area contributed by atoms with Crippen molar-refractivity contribution in [3.63, 3.8) is 0 Å². The average Bonchev–Trinajstić information content (AvgIpc) is 3.10. The zero-order valence-electron chi connectivity index (χ0n) is 14.3. The van der Waals surface area contributed by atoms with Gasteiger partial charge in [-0.3, -0.25) is 4.79 Å². The third-order valence-corrected chi connectivity index (χ3v) is 3.98. The topological polar surface area (TPSA) is 58.9 Å². The summed E-state index contributed by atoms with van der Waals surface area (Å²) in [5.41, 5.74) is 4.20. The molecule has 1 aromatic heterocycles. The van der Waals surface area contributed by atoms with Gasteiger partial charge in [-0.05, 0) is 35.9 Å². The summed E-state index contributed by atoms with van der Waals surface area (Å²) in [5.74, 6) is -0.00753. The first-order valence-corrected chi connectivity index (χ1v) is 8.33. The second-order valence-corrected chi connectivity index (χ2v) is 5.88. The highest BCUT2D eigenvalue weighted by Crippen LogP contribution is 2.10. The summed E-state index contributed by atoms with van der Waals surface area (Å²) in [7, 11) is 1.92. The molecule has 0 fully saturated rings. The van der Waals surface area contributed by atoms with Gasteiger partial charge in [0.1, 0.15) is 0 Å². The number of amides is 1. The van der Waals surface area contributed by atoms with Gasteiger partial charge in [0.25, 0.3) is 0 Å². The van der Waals surface area contributed by atoms with Crippen molar-refractivity contribution in [2.75, 3.05) is 7.05 Å². The van der Waals surface area contributed by atoms with Crippen molar-refractivity contribution in [2.24, 2.45) is 0 Å². The zero-order chi connectivity index (χ0) is 17.5. The number of benzene rings is 2. The van der Waals surface area contributed by atoms with Crippen LogP contribution >= 0.6 is 0 Å². The Balaban J connectivity index is 1.58. The minimum atomic E-state index is -0.00753. The molecule has 5 heteroatoms. The van der Waals surface area contributed by atoms with Gasteiger partial charge in [-0.15, -0.1) is 0 Å². The summed E-state index contributed by atoms with van der Waals surface area (Å²) >= 11 is 0. The maximum absolute atomic E-state index is 12.2. The van der Waals surface area contributed by atoms with Gasteiger partial charge in [-0.1, -0.05) is 42.5 Å². The number of carbonyl (C=O) groups is 1. The average molecular weight is 334 g/mol. The van der Waals surface area contributed by atoms with Crippen molar-refractivity contribution < 1.29 is 4.79 Å². The number of para-hydroxylation sites is 1. The monoisotopic (exact) mass is 334 g/mol. The molecular formula is C20H22N4O. The van der Waals surface area contributed by atoms with Crippen LogP contribution in [0.4, 0.5) is 0 Å². The Bertz CT molecular complexity index is 826. The van der Waals surface area contributed by atoms with E-state index in [1.54, 1.807) is 10.9 Å². The molecule has 0 unspecified atom stereocenters. The molecule has 25 heavy (non-hydrogen) atoms. The van der Waals surface area contributed by atoms with Gasteiger partial charge in [0.2, 0.25) is 5.91 Å². The van der Waals surface area contributed by atoms with Gasteiger partial charge in [-0.2, -0.15) is 5.10 Å². The Hall–Kier alpha value is -2.92. The SMILES string of the molecule is CNCc1ccccc1CNC(=O)Cc1cnn(-c2ccccc2)c1. The number of hydrogen-bond donors (Lipinski definition) is 2. The van der Waals surface area contributed by atoms with Crippen LogP contribution in [0.1, 0.15) is 16.7 Å². The predicted octanol–water partition coefficient (Wildman–Crippen LogP) is 2.45. The normalized spacial score (nSPS) is 10.6. The molecule has 3 aromatic rings. The second kappa shape index (κ2) is 8.26. The van der Waals surface area contributed by atoms with Gasteiger partial charge >= 0.3 is 0 Å². The van der Waals surface area contributed by atoms with E-state index in [2.05, 4.69) is 21.8 Å². The van der Waals surface area contributed by atoms with E-state index in [4.69, 9.17) is 0 Å². The predicted molar refractivity (Wildman–Crippen MR) is 98.3 cm³/mol. The van der Waals surface area contributed by atoms with Gasteiger partial charge in [0, 0.05) is 19.3 Å². The number of hydrogen-bond acceptors (Lipinski definition) is 3. The van der Waals surface area contributed by atoms with Crippen LogP contribution in [0.15, 0.2) is 67.0 Å². The molecule has 1 heterocycles. The number of nitrogens with one attached hydrogen (secondary N) is 2. The number of nitrogens with zero attached hydrogens (tertiary/aromatic N) is 2. The van der Waals surface area contributed by atoms with Crippen LogP contribution in [0.25, 0.3) is 5.69 Å². The first kappa shape index (κ1) is 16.9. The first-order chi connectivity index (χ1) is 12.3. The molecular weight excluding hydrogens is 312 g/mol. The van der Waals surface area contributed by atoms with E-state index in [0.717, 1.165) is 23.4 Å². The van der Waals surface area contributed by atoms with Gasteiger partial charge < -0.3 is 10.6 Å². The molecule has 5 nitrogen and oxygen atoms in total. The Morgan fingerprint density at radius 2 is 1.68 bits per heavy atom. The van der Waals surface area contributed by atoms with Crippen molar-refractivity contribution in [3.8, 4) is 5.69 Å². The van der Waals surface area contributed by atoms with E-state index < -0.39 is 0 Å². The molecule has 1 amide bonds. The molecule has 0 aliphatic rings. The van der Waals surface area contributed by atoms with Crippen LogP contribution in [0.5, 0.6) is 0 Å². The van der Waals surface area contributed by atoms with E-state index in [1.165, 1.54) is 5.56 Å². The molecule has 2 N–H and O–H groups in total. The molecule has 0 bridgehead atoms. The highest BCUT2D eigenvalue weighted by Gasteiger charge is 2.08. The van der Waals surface area contributed by atoms with Gasteiger partial charge in [0.05, 0.1) is 18.3 Å². The quantitative estimate of drug-likeness (QED) is 0.698. The van der Waals surface area contributed by atoms with Gasteiger partial charge in [-0.25, -0.2) is 4.68 Å². The molecule has 0 radical (unpaired) electrons. The molecule has 3 rings (SSSR count). The molecule has 128 valence electrons. The van der Waals surface area contributed by atoms with Crippen LogP contribution in [0, 0.1) is 0 Å². The standard InChI is InChI=1S/C20H22N4O/c1-21-13-17-7-5-6-8-18(17)14-22-20(25)11-16-12-23-24(15-16)19-9-3-2-4-10-19/h2-10,12,15,21H,11,13-14H2,1H3,(H,22,25). The Morgan fingerprint density at radius 1 is 1.00 bits per heavy atom.